The summed E-state index contributed by atoms with van der Waals surface area (Å²) in [5, 5.41) is 0. The summed E-state index contributed by atoms with van der Waals surface area (Å²) in [5.41, 5.74) is 1.90. The Hall–Kier alpha value is -2.24. The van der Waals surface area contributed by atoms with Crippen LogP contribution in [0.25, 0.3) is 0 Å². The van der Waals surface area contributed by atoms with Crippen molar-refractivity contribution in [2.45, 2.75) is 50.0 Å². The number of anilines is 2. The summed E-state index contributed by atoms with van der Waals surface area (Å²) in [4.78, 5) is 11.0. The van der Waals surface area contributed by atoms with Crippen LogP contribution in [0.5, 0.6) is 5.88 Å². The second-order valence-corrected chi connectivity index (χ2v) is 12.7. The van der Waals surface area contributed by atoms with Gasteiger partial charge in [0, 0.05) is 37.6 Å². The molecule has 0 radical (unpaired) electrons. The Labute approximate surface area is 195 Å². The van der Waals surface area contributed by atoms with Crippen LogP contribution in [0.3, 0.4) is 0 Å². The molecule has 0 aliphatic carbocycles. The first-order valence-corrected chi connectivity index (χ1v) is 14.7. The predicted molar refractivity (Wildman–Crippen MR) is 126 cm³/mol. The van der Waals surface area contributed by atoms with Gasteiger partial charge < -0.3 is 9.64 Å². The van der Waals surface area contributed by atoms with Gasteiger partial charge in [-0.3, -0.25) is 0 Å². The molecule has 0 saturated carbocycles. The van der Waals surface area contributed by atoms with Crippen molar-refractivity contribution in [2.75, 3.05) is 36.5 Å². The van der Waals surface area contributed by atoms with E-state index in [0.717, 1.165) is 24.1 Å². The lowest BCUT2D eigenvalue weighted by Gasteiger charge is -2.31. The molecule has 2 aliphatic heterocycles. The lowest BCUT2D eigenvalue weighted by Crippen LogP contribution is -2.42. The van der Waals surface area contributed by atoms with Crippen molar-refractivity contribution in [1.29, 1.82) is 0 Å². The largest absolute Gasteiger partial charge is 0.474 e. The van der Waals surface area contributed by atoms with Crippen molar-refractivity contribution in [3.63, 3.8) is 0 Å². The molecule has 0 atom stereocenters. The number of fused-ring (bicyclic) bond motifs is 1. The third-order valence-corrected chi connectivity index (χ3v) is 9.18. The van der Waals surface area contributed by atoms with Crippen LogP contribution in [0.2, 0.25) is 0 Å². The van der Waals surface area contributed by atoms with Gasteiger partial charge in [-0.2, -0.15) is 0 Å². The molecule has 0 spiro atoms. The van der Waals surface area contributed by atoms with E-state index in [1.165, 1.54) is 12.6 Å². The van der Waals surface area contributed by atoms with Gasteiger partial charge in [-0.25, -0.2) is 31.1 Å². The van der Waals surface area contributed by atoms with Gasteiger partial charge >= 0.3 is 0 Å². The molecule has 33 heavy (non-hydrogen) atoms. The van der Waals surface area contributed by atoms with Crippen LogP contribution in [-0.4, -0.2) is 68.9 Å². The second kappa shape index (κ2) is 9.55. The normalized spacial score (nSPS) is 17.8. The number of hydrogen-bond donors (Lipinski definition) is 0. The zero-order valence-electron chi connectivity index (χ0n) is 19.0. The summed E-state index contributed by atoms with van der Waals surface area (Å²) in [5.74, 6) is 1.34. The van der Waals surface area contributed by atoms with Gasteiger partial charge in [0.15, 0.2) is 9.84 Å². The molecule has 2 aliphatic rings. The van der Waals surface area contributed by atoms with E-state index in [9.17, 15) is 16.8 Å². The summed E-state index contributed by atoms with van der Waals surface area (Å²) in [6, 6.07) is 6.94. The molecule has 0 unspecified atom stereocenters. The first-order valence-electron chi connectivity index (χ1n) is 11.2. The maximum atomic E-state index is 12.4. The first kappa shape index (κ1) is 23.9. The molecule has 1 fully saturated rings. The average Bonchev–Trinajstić information content (AvgIpc) is 3.21. The zero-order valence-corrected chi connectivity index (χ0v) is 20.6. The van der Waals surface area contributed by atoms with E-state index in [4.69, 9.17) is 4.74 Å². The highest BCUT2D eigenvalue weighted by atomic mass is 32.2. The Morgan fingerprint density at radius 3 is 2.52 bits per heavy atom. The van der Waals surface area contributed by atoms with Gasteiger partial charge in [0.1, 0.15) is 18.2 Å². The highest BCUT2D eigenvalue weighted by Gasteiger charge is 2.29. The van der Waals surface area contributed by atoms with Crippen LogP contribution in [0.1, 0.15) is 38.2 Å². The minimum absolute atomic E-state index is 0.103. The SMILES string of the molecule is CCCCS(=O)(=O)N1CCC(Oc2cc(N3CCc4cc(S(C)(=O)=O)ccc43)ncn2)CC1. The monoisotopic (exact) mass is 494 g/mol. The van der Waals surface area contributed by atoms with Gasteiger partial charge in [-0.1, -0.05) is 13.3 Å². The molecule has 0 bridgehead atoms. The Bertz CT molecular complexity index is 1210. The lowest BCUT2D eigenvalue weighted by atomic mass is 10.1. The summed E-state index contributed by atoms with van der Waals surface area (Å²) in [6.07, 6.45) is 6.06. The van der Waals surface area contributed by atoms with Gasteiger partial charge in [0.25, 0.3) is 0 Å². The number of hydrogen-bond acceptors (Lipinski definition) is 8. The summed E-state index contributed by atoms with van der Waals surface area (Å²) < 4.78 is 56.2. The number of benzene rings is 1. The van der Waals surface area contributed by atoms with Crippen LogP contribution in [0.4, 0.5) is 11.5 Å². The Balaban J connectivity index is 1.41. The molecule has 0 N–H and O–H groups in total. The number of rotatable bonds is 8. The van der Waals surface area contributed by atoms with E-state index in [2.05, 4.69) is 9.97 Å². The Morgan fingerprint density at radius 1 is 1.06 bits per heavy atom. The molecule has 1 saturated heterocycles. The van der Waals surface area contributed by atoms with E-state index >= 15 is 0 Å². The number of sulfonamides is 1. The summed E-state index contributed by atoms with van der Waals surface area (Å²) in [6.45, 7) is 3.58. The van der Waals surface area contributed by atoms with Gasteiger partial charge in [-0.05, 0) is 49.4 Å². The van der Waals surface area contributed by atoms with E-state index < -0.39 is 19.9 Å². The minimum atomic E-state index is -3.25. The van der Waals surface area contributed by atoms with Crippen molar-refractivity contribution >= 4 is 31.4 Å². The lowest BCUT2D eigenvalue weighted by molar-refractivity contribution is 0.129. The molecule has 180 valence electrons. The molecule has 0 amide bonds. The highest BCUT2D eigenvalue weighted by molar-refractivity contribution is 7.90. The number of aromatic nitrogens is 2. The second-order valence-electron chi connectivity index (χ2n) is 8.56. The standard InChI is InChI=1S/C22H30N4O5S2/c1-3-4-13-33(29,30)25-10-8-18(9-11-25)31-22-15-21(23-16-24-22)26-12-7-17-14-19(32(2,27)28)5-6-20(17)26/h5-6,14-16,18H,3-4,7-13H2,1-2H3. The third-order valence-electron chi connectivity index (χ3n) is 6.12. The summed E-state index contributed by atoms with van der Waals surface area (Å²) >= 11 is 0. The topological polar surface area (TPSA) is 110 Å². The van der Waals surface area contributed by atoms with Gasteiger partial charge in [0.2, 0.25) is 15.9 Å². The molecule has 9 nitrogen and oxygen atoms in total. The number of unbranched alkanes of at least 4 members (excludes halogenated alkanes) is 1. The van der Waals surface area contributed by atoms with Crippen molar-refractivity contribution in [2.24, 2.45) is 0 Å². The molecule has 1 aromatic heterocycles. The smallest absolute Gasteiger partial charge is 0.218 e. The van der Waals surface area contributed by atoms with E-state index in [0.29, 0.717) is 55.5 Å². The Morgan fingerprint density at radius 2 is 1.82 bits per heavy atom. The van der Waals surface area contributed by atoms with E-state index in [1.807, 2.05) is 17.9 Å². The molecule has 1 aromatic carbocycles. The number of nitrogens with zero attached hydrogens (tertiary/aromatic N) is 4. The Kier molecular flexibility index (Phi) is 6.92. The van der Waals surface area contributed by atoms with Crippen LogP contribution in [0.15, 0.2) is 35.5 Å². The fourth-order valence-corrected chi connectivity index (χ4v) is 6.59. The van der Waals surface area contributed by atoms with Crippen molar-refractivity contribution < 1.29 is 21.6 Å². The van der Waals surface area contributed by atoms with Gasteiger partial charge in [0.05, 0.1) is 10.6 Å². The maximum absolute atomic E-state index is 12.4. The van der Waals surface area contributed by atoms with Crippen molar-refractivity contribution in [3.8, 4) is 5.88 Å². The fourth-order valence-electron chi connectivity index (χ4n) is 4.24. The summed E-state index contributed by atoms with van der Waals surface area (Å²) in [7, 11) is -6.45. The third kappa shape index (κ3) is 5.47. The van der Waals surface area contributed by atoms with E-state index in [-0.39, 0.29) is 11.9 Å². The molecule has 11 heteroatoms. The zero-order chi connectivity index (χ0) is 23.6. The predicted octanol–water partition coefficient (Wildman–Crippen LogP) is 2.55. The van der Waals surface area contributed by atoms with Crippen LogP contribution in [-0.2, 0) is 26.3 Å². The van der Waals surface area contributed by atoms with Gasteiger partial charge in [-0.15, -0.1) is 0 Å². The van der Waals surface area contributed by atoms with Crippen LogP contribution >= 0.6 is 0 Å². The first-order chi connectivity index (χ1) is 15.7. The molecular weight excluding hydrogens is 464 g/mol. The van der Waals surface area contributed by atoms with Crippen molar-refractivity contribution in [1.82, 2.24) is 14.3 Å². The van der Waals surface area contributed by atoms with Crippen LogP contribution < -0.4 is 9.64 Å². The highest BCUT2D eigenvalue weighted by Crippen LogP contribution is 2.35. The fraction of sp³-hybridized carbons (Fsp3) is 0.545. The molecule has 4 rings (SSSR count). The van der Waals surface area contributed by atoms with Crippen molar-refractivity contribution in [3.05, 3.63) is 36.2 Å². The van der Waals surface area contributed by atoms with E-state index in [1.54, 1.807) is 22.5 Å². The number of sulfone groups is 1. The molecular formula is C22H30N4O5S2. The minimum Gasteiger partial charge on any atom is -0.474 e. The average molecular weight is 495 g/mol. The van der Waals surface area contributed by atoms with Crippen LogP contribution in [0, 0.1) is 0 Å². The number of ether oxygens (including phenoxy) is 1. The quantitative estimate of drug-likeness (QED) is 0.551. The number of piperidine rings is 1. The maximum Gasteiger partial charge on any atom is 0.218 e. The molecule has 2 aromatic rings. The molecule has 3 heterocycles.